The van der Waals surface area contributed by atoms with Crippen molar-refractivity contribution >= 4 is 0 Å². The van der Waals surface area contributed by atoms with Crippen LogP contribution in [0.4, 0.5) is 0 Å². The maximum absolute atomic E-state index is 9.35. The largest absolute Gasteiger partial charge is 0.391 e. The molecule has 0 amide bonds. The molecule has 0 saturated heterocycles. The molecule has 5 nitrogen and oxygen atoms in total. The Hall–Kier alpha value is -0.940. The molecule has 0 aromatic carbocycles. The SMILES string of the molecule is CC(C)Cn1cnnc1C(N)C(C)O. The summed E-state index contributed by atoms with van der Waals surface area (Å²) in [5.74, 6) is 1.15. The Morgan fingerprint density at radius 1 is 1.50 bits per heavy atom. The predicted octanol–water partition coefficient (Wildman–Crippen LogP) is 0.315. The Morgan fingerprint density at radius 3 is 2.64 bits per heavy atom. The van der Waals surface area contributed by atoms with Crippen LogP contribution in [0.3, 0.4) is 0 Å². The van der Waals surface area contributed by atoms with E-state index in [1.54, 1.807) is 13.3 Å². The van der Waals surface area contributed by atoms with Crippen LogP contribution in [0.25, 0.3) is 0 Å². The molecule has 80 valence electrons. The Kier molecular flexibility index (Phi) is 3.60. The van der Waals surface area contributed by atoms with E-state index < -0.39 is 12.1 Å². The third kappa shape index (κ3) is 2.52. The quantitative estimate of drug-likeness (QED) is 0.730. The van der Waals surface area contributed by atoms with E-state index in [1.807, 2.05) is 4.57 Å². The van der Waals surface area contributed by atoms with Crippen molar-refractivity contribution in [3.8, 4) is 0 Å². The number of hydrogen-bond acceptors (Lipinski definition) is 4. The van der Waals surface area contributed by atoms with Gasteiger partial charge in [-0.1, -0.05) is 13.8 Å². The summed E-state index contributed by atoms with van der Waals surface area (Å²) >= 11 is 0. The van der Waals surface area contributed by atoms with Gasteiger partial charge in [0, 0.05) is 6.54 Å². The first-order chi connectivity index (χ1) is 6.52. The molecule has 0 radical (unpaired) electrons. The lowest BCUT2D eigenvalue weighted by molar-refractivity contribution is 0.158. The standard InChI is InChI=1S/C9H18N4O/c1-6(2)4-13-5-11-12-9(13)8(10)7(3)14/h5-8,14H,4,10H2,1-3H3. The van der Waals surface area contributed by atoms with E-state index in [4.69, 9.17) is 5.73 Å². The summed E-state index contributed by atoms with van der Waals surface area (Å²) in [5.41, 5.74) is 5.79. The molecule has 1 heterocycles. The second kappa shape index (κ2) is 4.52. The van der Waals surface area contributed by atoms with Gasteiger partial charge >= 0.3 is 0 Å². The second-order valence-electron chi connectivity index (χ2n) is 4.00. The highest BCUT2D eigenvalue weighted by Crippen LogP contribution is 2.12. The van der Waals surface area contributed by atoms with Crippen molar-refractivity contribution in [2.75, 3.05) is 0 Å². The average molecular weight is 198 g/mol. The molecule has 3 N–H and O–H groups in total. The van der Waals surface area contributed by atoms with Gasteiger partial charge in [0.05, 0.1) is 12.1 Å². The van der Waals surface area contributed by atoms with Gasteiger partial charge in [-0.3, -0.25) is 0 Å². The molecule has 0 aliphatic rings. The summed E-state index contributed by atoms with van der Waals surface area (Å²) in [4.78, 5) is 0. The maximum atomic E-state index is 9.35. The first kappa shape index (κ1) is 11.1. The van der Waals surface area contributed by atoms with Crippen molar-refractivity contribution in [2.45, 2.75) is 39.5 Å². The van der Waals surface area contributed by atoms with E-state index in [0.717, 1.165) is 6.54 Å². The van der Waals surface area contributed by atoms with Gasteiger partial charge in [0.1, 0.15) is 6.33 Å². The van der Waals surface area contributed by atoms with Crippen LogP contribution in [-0.4, -0.2) is 26.0 Å². The topological polar surface area (TPSA) is 77.0 Å². The zero-order valence-corrected chi connectivity index (χ0v) is 8.88. The molecule has 2 unspecified atom stereocenters. The van der Waals surface area contributed by atoms with Crippen molar-refractivity contribution in [1.82, 2.24) is 14.8 Å². The third-order valence-corrected chi connectivity index (χ3v) is 2.03. The summed E-state index contributed by atoms with van der Waals surface area (Å²) in [6.45, 7) is 6.69. The Morgan fingerprint density at radius 2 is 2.14 bits per heavy atom. The summed E-state index contributed by atoms with van der Waals surface area (Å²) in [6, 6.07) is -0.462. The van der Waals surface area contributed by atoms with E-state index in [2.05, 4.69) is 24.0 Å². The van der Waals surface area contributed by atoms with E-state index >= 15 is 0 Å². The van der Waals surface area contributed by atoms with Gasteiger partial charge in [-0.05, 0) is 12.8 Å². The number of nitrogens with zero attached hydrogens (tertiary/aromatic N) is 3. The fraction of sp³-hybridized carbons (Fsp3) is 0.778. The number of nitrogens with two attached hydrogens (primary N) is 1. The molecule has 1 aromatic rings. The van der Waals surface area contributed by atoms with Gasteiger partial charge in [0.15, 0.2) is 5.82 Å². The Labute approximate surface area is 83.9 Å². The van der Waals surface area contributed by atoms with Crippen LogP contribution in [0.1, 0.15) is 32.6 Å². The normalized spacial score (nSPS) is 15.9. The molecular weight excluding hydrogens is 180 g/mol. The fourth-order valence-electron chi connectivity index (χ4n) is 1.27. The third-order valence-electron chi connectivity index (χ3n) is 2.03. The van der Waals surface area contributed by atoms with Crippen molar-refractivity contribution in [3.63, 3.8) is 0 Å². The van der Waals surface area contributed by atoms with Gasteiger partial charge in [0.2, 0.25) is 0 Å². The average Bonchev–Trinajstić information content (AvgIpc) is 2.49. The molecule has 0 saturated carbocycles. The molecule has 5 heteroatoms. The highest BCUT2D eigenvalue weighted by Gasteiger charge is 2.18. The van der Waals surface area contributed by atoms with E-state index in [1.165, 1.54) is 0 Å². The number of aliphatic hydroxyl groups is 1. The van der Waals surface area contributed by atoms with Crippen molar-refractivity contribution in [2.24, 2.45) is 11.7 Å². The molecule has 14 heavy (non-hydrogen) atoms. The first-order valence-corrected chi connectivity index (χ1v) is 4.83. The molecule has 1 rings (SSSR count). The minimum absolute atomic E-state index is 0.462. The Balaban J connectivity index is 2.81. The number of rotatable bonds is 4. The van der Waals surface area contributed by atoms with Crippen molar-refractivity contribution in [3.05, 3.63) is 12.2 Å². The number of aliphatic hydroxyl groups excluding tert-OH is 1. The highest BCUT2D eigenvalue weighted by molar-refractivity contribution is 4.96. The van der Waals surface area contributed by atoms with Crippen molar-refractivity contribution in [1.29, 1.82) is 0 Å². The van der Waals surface area contributed by atoms with E-state index in [0.29, 0.717) is 11.7 Å². The predicted molar refractivity (Wildman–Crippen MR) is 53.5 cm³/mol. The molecule has 0 aliphatic carbocycles. The lowest BCUT2D eigenvalue weighted by Gasteiger charge is -2.16. The lowest BCUT2D eigenvalue weighted by atomic mass is 10.1. The molecule has 0 fully saturated rings. The molecule has 0 bridgehead atoms. The smallest absolute Gasteiger partial charge is 0.152 e. The minimum Gasteiger partial charge on any atom is -0.391 e. The van der Waals surface area contributed by atoms with Crippen LogP contribution in [0.5, 0.6) is 0 Å². The summed E-state index contributed by atoms with van der Waals surface area (Å²) in [5, 5.41) is 17.1. The molecule has 1 aromatic heterocycles. The molecule has 0 spiro atoms. The van der Waals surface area contributed by atoms with Gasteiger partial charge in [-0.25, -0.2) is 0 Å². The van der Waals surface area contributed by atoms with Crippen LogP contribution in [0.15, 0.2) is 6.33 Å². The maximum Gasteiger partial charge on any atom is 0.152 e. The van der Waals surface area contributed by atoms with Gasteiger partial charge in [-0.15, -0.1) is 10.2 Å². The van der Waals surface area contributed by atoms with Gasteiger partial charge in [-0.2, -0.15) is 0 Å². The van der Waals surface area contributed by atoms with Gasteiger partial charge in [0.25, 0.3) is 0 Å². The monoisotopic (exact) mass is 198 g/mol. The number of hydrogen-bond donors (Lipinski definition) is 2. The van der Waals surface area contributed by atoms with Gasteiger partial charge < -0.3 is 15.4 Å². The van der Waals surface area contributed by atoms with Crippen LogP contribution in [-0.2, 0) is 6.54 Å². The molecular formula is C9H18N4O. The van der Waals surface area contributed by atoms with E-state index in [9.17, 15) is 5.11 Å². The number of aromatic nitrogens is 3. The summed E-state index contributed by atoms with van der Waals surface area (Å²) < 4.78 is 1.89. The minimum atomic E-state index is -0.606. The molecule has 0 aliphatic heterocycles. The summed E-state index contributed by atoms with van der Waals surface area (Å²) in [6.07, 6.45) is 1.04. The van der Waals surface area contributed by atoms with E-state index in [-0.39, 0.29) is 0 Å². The van der Waals surface area contributed by atoms with Crippen LogP contribution < -0.4 is 5.73 Å². The second-order valence-corrected chi connectivity index (χ2v) is 4.00. The zero-order valence-electron chi connectivity index (χ0n) is 8.88. The Bertz CT molecular complexity index is 282. The summed E-state index contributed by atoms with van der Waals surface area (Å²) in [7, 11) is 0. The fourth-order valence-corrected chi connectivity index (χ4v) is 1.27. The van der Waals surface area contributed by atoms with Crippen molar-refractivity contribution < 1.29 is 5.11 Å². The first-order valence-electron chi connectivity index (χ1n) is 4.83. The van der Waals surface area contributed by atoms with Crippen LogP contribution in [0.2, 0.25) is 0 Å². The zero-order chi connectivity index (χ0) is 10.7. The van der Waals surface area contributed by atoms with Crippen LogP contribution in [0, 0.1) is 5.92 Å². The van der Waals surface area contributed by atoms with Crippen LogP contribution >= 0.6 is 0 Å². The molecule has 2 atom stereocenters. The lowest BCUT2D eigenvalue weighted by Crippen LogP contribution is -2.27. The highest BCUT2D eigenvalue weighted by atomic mass is 16.3.